The summed E-state index contributed by atoms with van der Waals surface area (Å²) in [5, 5.41) is 4.29. The Morgan fingerprint density at radius 3 is 2.78 bits per heavy atom. The van der Waals surface area contributed by atoms with E-state index in [2.05, 4.69) is 9.88 Å². The van der Waals surface area contributed by atoms with Crippen LogP contribution in [0.25, 0.3) is 10.6 Å². The minimum atomic E-state index is -0.726. The zero-order chi connectivity index (χ0) is 19.4. The number of ether oxygens (including phenoxy) is 1. The van der Waals surface area contributed by atoms with E-state index in [4.69, 9.17) is 16.2 Å². The number of aromatic nitrogens is 1. The van der Waals surface area contributed by atoms with Gasteiger partial charge in [0.2, 0.25) is 0 Å². The number of thiazole rings is 1. The minimum absolute atomic E-state index is 0.0680. The number of ketones is 1. The van der Waals surface area contributed by atoms with Gasteiger partial charge in [-0.25, -0.2) is 4.98 Å². The fourth-order valence-electron chi connectivity index (χ4n) is 2.58. The van der Waals surface area contributed by atoms with Crippen LogP contribution in [0.15, 0.2) is 41.1 Å². The Morgan fingerprint density at radius 2 is 2.07 bits per heavy atom. The zero-order valence-electron chi connectivity index (χ0n) is 15.2. The fraction of sp³-hybridized carbons (Fsp3) is 0.263. The lowest BCUT2D eigenvalue weighted by Gasteiger charge is -2.13. The third-order valence-corrected chi connectivity index (χ3v) is 5.52. The van der Waals surface area contributed by atoms with Gasteiger partial charge in [0, 0.05) is 11.9 Å². The number of Topliss-reactive ketones (excluding diaryl/α,β-unsaturated/α-hetero) is 1. The largest absolute Gasteiger partial charge is 0.486 e. The Balaban J connectivity index is 1.60. The molecule has 1 atom stereocenters. The van der Waals surface area contributed by atoms with Crippen molar-refractivity contribution in [1.82, 2.24) is 9.88 Å². The predicted octanol–water partition coefficient (Wildman–Crippen LogP) is 3.16. The number of benzene rings is 1. The standard InChI is InChI=1S/C19H22N4O2S2/c1-23(2)8-12-4-3-5-14(6-12)25-9-16(24)18(20)13-7-17(26-10-13)15-11-27-19(21)22-15/h3-7,10-11,18H,8-9,20H2,1-2H3,(H2,21,22). The summed E-state index contributed by atoms with van der Waals surface area (Å²) >= 11 is 2.88. The second kappa shape index (κ2) is 8.62. The van der Waals surface area contributed by atoms with Crippen LogP contribution in [0.2, 0.25) is 0 Å². The smallest absolute Gasteiger partial charge is 0.191 e. The normalized spacial score (nSPS) is 12.3. The van der Waals surface area contributed by atoms with Crippen molar-refractivity contribution in [3.8, 4) is 16.3 Å². The van der Waals surface area contributed by atoms with Gasteiger partial charge in [0.15, 0.2) is 10.9 Å². The molecule has 142 valence electrons. The molecule has 8 heteroatoms. The van der Waals surface area contributed by atoms with Crippen molar-refractivity contribution in [3.63, 3.8) is 0 Å². The second-order valence-electron chi connectivity index (χ2n) is 6.43. The molecule has 3 aromatic rings. The summed E-state index contributed by atoms with van der Waals surface area (Å²) in [4.78, 5) is 19.7. The number of hydrogen-bond acceptors (Lipinski definition) is 8. The molecular formula is C19H22N4O2S2. The van der Waals surface area contributed by atoms with E-state index in [1.165, 1.54) is 22.7 Å². The molecule has 0 aliphatic carbocycles. The first kappa shape index (κ1) is 19.5. The summed E-state index contributed by atoms with van der Waals surface area (Å²) < 4.78 is 5.66. The highest BCUT2D eigenvalue weighted by Gasteiger charge is 2.19. The van der Waals surface area contributed by atoms with Crippen molar-refractivity contribution in [2.24, 2.45) is 5.73 Å². The van der Waals surface area contributed by atoms with Gasteiger partial charge in [0.25, 0.3) is 0 Å². The van der Waals surface area contributed by atoms with Gasteiger partial charge in [-0.3, -0.25) is 4.79 Å². The van der Waals surface area contributed by atoms with Gasteiger partial charge in [0.1, 0.15) is 12.4 Å². The topological polar surface area (TPSA) is 94.5 Å². The lowest BCUT2D eigenvalue weighted by Crippen LogP contribution is -2.26. The van der Waals surface area contributed by atoms with Gasteiger partial charge in [-0.15, -0.1) is 22.7 Å². The van der Waals surface area contributed by atoms with Gasteiger partial charge < -0.3 is 21.1 Å². The second-order valence-corrected chi connectivity index (χ2v) is 8.23. The highest BCUT2D eigenvalue weighted by atomic mass is 32.1. The van der Waals surface area contributed by atoms with Gasteiger partial charge in [0.05, 0.1) is 16.6 Å². The highest BCUT2D eigenvalue weighted by Crippen LogP contribution is 2.31. The quantitative estimate of drug-likeness (QED) is 0.601. The van der Waals surface area contributed by atoms with Gasteiger partial charge in [-0.05, 0) is 48.8 Å². The van der Waals surface area contributed by atoms with Crippen molar-refractivity contribution in [2.75, 3.05) is 26.4 Å². The van der Waals surface area contributed by atoms with Crippen LogP contribution in [0, 0.1) is 0 Å². The van der Waals surface area contributed by atoms with E-state index in [-0.39, 0.29) is 12.4 Å². The molecule has 4 N–H and O–H groups in total. The van der Waals surface area contributed by atoms with Crippen LogP contribution in [0.3, 0.4) is 0 Å². The Hall–Kier alpha value is -2.26. The van der Waals surface area contributed by atoms with Crippen molar-refractivity contribution in [3.05, 3.63) is 52.2 Å². The zero-order valence-corrected chi connectivity index (χ0v) is 16.8. The summed E-state index contributed by atoms with van der Waals surface area (Å²) in [7, 11) is 4.01. The molecule has 27 heavy (non-hydrogen) atoms. The van der Waals surface area contributed by atoms with Crippen LogP contribution in [-0.4, -0.2) is 36.4 Å². The average Bonchev–Trinajstić information content (AvgIpc) is 3.27. The third-order valence-electron chi connectivity index (χ3n) is 3.88. The Kier molecular flexibility index (Phi) is 6.22. The molecule has 0 bridgehead atoms. The molecule has 0 fully saturated rings. The van der Waals surface area contributed by atoms with Gasteiger partial charge >= 0.3 is 0 Å². The summed E-state index contributed by atoms with van der Waals surface area (Å²) in [5.74, 6) is 0.494. The Morgan fingerprint density at radius 1 is 1.26 bits per heavy atom. The number of thiophene rings is 1. The van der Waals surface area contributed by atoms with Crippen LogP contribution >= 0.6 is 22.7 Å². The maximum atomic E-state index is 12.4. The summed E-state index contributed by atoms with van der Waals surface area (Å²) in [6.45, 7) is 0.741. The van der Waals surface area contributed by atoms with E-state index in [1.54, 1.807) is 0 Å². The van der Waals surface area contributed by atoms with Gasteiger partial charge in [-0.1, -0.05) is 12.1 Å². The first-order valence-corrected chi connectivity index (χ1v) is 10.1. The lowest BCUT2D eigenvalue weighted by atomic mass is 10.1. The van der Waals surface area contributed by atoms with E-state index < -0.39 is 6.04 Å². The van der Waals surface area contributed by atoms with Crippen LogP contribution in [0.4, 0.5) is 5.13 Å². The molecule has 0 spiro atoms. The molecule has 2 heterocycles. The summed E-state index contributed by atoms with van der Waals surface area (Å²) in [6, 6.07) is 8.89. The lowest BCUT2D eigenvalue weighted by molar-refractivity contribution is -0.122. The number of rotatable bonds is 8. The molecule has 3 rings (SSSR count). The minimum Gasteiger partial charge on any atom is -0.486 e. The van der Waals surface area contributed by atoms with E-state index >= 15 is 0 Å². The van der Waals surface area contributed by atoms with Crippen LogP contribution in [0.1, 0.15) is 17.2 Å². The Bertz CT molecular complexity index is 920. The molecule has 2 aromatic heterocycles. The number of anilines is 1. The number of nitrogens with two attached hydrogens (primary N) is 2. The maximum Gasteiger partial charge on any atom is 0.191 e. The summed E-state index contributed by atoms with van der Waals surface area (Å²) in [5.41, 5.74) is 14.5. The van der Waals surface area contributed by atoms with Crippen LogP contribution < -0.4 is 16.2 Å². The molecule has 1 aromatic carbocycles. The molecule has 0 amide bonds. The number of nitrogen functional groups attached to an aromatic ring is 1. The Labute approximate surface area is 166 Å². The summed E-state index contributed by atoms with van der Waals surface area (Å²) in [6.07, 6.45) is 0. The van der Waals surface area contributed by atoms with Gasteiger partial charge in [-0.2, -0.15) is 0 Å². The molecule has 0 aliphatic heterocycles. The number of hydrogen-bond donors (Lipinski definition) is 2. The maximum absolute atomic E-state index is 12.4. The predicted molar refractivity (Wildman–Crippen MR) is 111 cm³/mol. The molecule has 0 radical (unpaired) electrons. The SMILES string of the molecule is CN(C)Cc1cccc(OCC(=O)C(N)c2csc(-c3csc(N)n3)c2)c1. The van der Waals surface area contributed by atoms with Crippen LogP contribution in [-0.2, 0) is 11.3 Å². The number of carbonyl (C=O) groups excluding carboxylic acids is 1. The monoisotopic (exact) mass is 402 g/mol. The average molecular weight is 403 g/mol. The fourth-order valence-corrected chi connectivity index (χ4v) is 4.12. The number of carbonyl (C=O) groups is 1. The highest BCUT2D eigenvalue weighted by molar-refractivity contribution is 7.15. The van der Waals surface area contributed by atoms with E-state index in [0.29, 0.717) is 10.9 Å². The third kappa shape index (κ3) is 5.14. The van der Waals surface area contributed by atoms with Crippen molar-refractivity contribution >= 4 is 33.6 Å². The molecule has 0 saturated heterocycles. The first-order chi connectivity index (χ1) is 12.9. The molecule has 1 unspecified atom stereocenters. The van der Waals surface area contributed by atoms with Crippen molar-refractivity contribution < 1.29 is 9.53 Å². The number of nitrogens with zero attached hydrogens (tertiary/aromatic N) is 2. The van der Waals surface area contributed by atoms with Crippen molar-refractivity contribution in [1.29, 1.82) is 0 Å². The van der Waals surface area contributed by atoms with Crippen LogP contribution in [0.5, 0.6) is 5.75 Å². The van der Waals surface area contributed by atoms with Crippen molar-refractivity contribution in [2.45, 2.75) is 12.6 Å². The molecule has 0 aliphatic rings. The first-order valence-electron chi connectivity index (χ1n) is 8.37. The van der Waals surface area contributed by atoms with E-state index in [0.717, 1.165) is 28.2 Å². The van der Waals surface area contributed by atoms with E-state index in [9.17, 15) is 4.79 Å². The molecule has 6 nitrogen and oxygen atoms in total. The van der Waals surface area contributed by atoms with E-state index in [1.807, 2.05) is 55.2 Å². The molecule has 0 saturated carbocycles. The molecular weight excluding hydrogens is 380 g/mol.